The predicted molar refractivity (Wildman–Crippen MR) is 166 cm³/mol. The molecule has 0 aliphatic rings. The molecule has 226 valence electrons. The normalized spacial score (nSPS) is 11.6. The van der Waals surface area contributed by atoms with Gasteiger partial charge in [0.1, 0.15) is 23.1 Å². The van der Waals surface area contributed by atoms with Crippen molar-refractivity contribution in [3.05, 3.63) is 72.2 Å². The number of hydrazine groups is 1. The zero-order valence-corrected chi connectivity index (χ0v) is 24.8. The first kappa shape index (κ1) is 30.7. The Balaban J connectivity index is 1.59. The Morgan fingerprint density at radius 1 is 1.05 bits per heavy atom. The topological polar surface area (TPSA) is 186 Å². The largest absolute Gasteiger partial charge is 0.508 e. The summed E-state index contributed by atoms with van der Waals surface area (Å²) in [7, 11) is 3.14. The number of nitrogens with zero attached hydrogens (tertiary/aromatic N) is 4. The van der Waals surface area contributed by atoms with Crippen molar-refractivity contribution >= 4 is 28.8 Å². The van der Waals surface area contributed by atoms with Gasteiger partial charge in [-0.2, -0.15) is 4.98 Å². The number of urea groups is 1. The lowest BCUT2D eigenvalue weighted by atomic mass is 10.0. The number of hydrogen-bond donors (Lipinski definition) is 6. The van der Waals surface area contributed by atoms with Crippen molar-refractivity contribution in [1.29, 1.82) is 0 Å². The molecule has 2 aromatic heterocycles. The molecule has 13 heteroatoms. The zero-order valence-electron chi connectivity index (χ0n) is 24.8. The van der Waals surface area contributed by atoms with Crippen LogP contribution in [0.5, 0.6) is 17.2 Å². The van der Waals surface area contributed by atoms with Crippen molar-refractivity contribution in [2.24, 2.45) is 11.6 Å². The number of aromatic nitrogens is 3. The summed E-state index contributed by atoms with van der Waals surface area (Å²) in [5.41, 5.74) is 8.76. The fraction of sp³-hybridized carbons (Fsp3) is 0.267. The standard InChI is InChI=1S/C30H37N9O4/c1-30(2,3)38-29(41)37-27-25(19-10-23(42-4)13-24(11-19)43-5)12-20-14-33-28(36-26(20)35-27)34-15-21(31)17-39(32)16-18-6-8-22(40)9-7-18/h6-14,17,40H,15-16,31-32H2,1-5H3,(H3,33,34,35,36,37,38,41)/b21-17-. The van der Waals surface area contributed by atoms with Crippen molar-refractivity contribution in [2.45, 2.75) is 32.9 Å². The van der Waals surface area contributed by atoms with Crippen molar-refractivity contribution < 1.29 is 19.4 Å². The van der Waals surface area contributed by atoms with Gasteiger partial charge in [-0.05, 0) is 62.2 Å². The molecule has 43 heavy (non-hydrogen) atoms. The molecule has 0 aliphatic heterocycles. The average Bonchev–Trinajstić information content (AvgIpc) is 2.95. The van der Waals surface area contributed by atoms with Gasteiger partial charge in [0, 0.05) is 40.6 Å². The molecule has 0 atom stereocenters. The molecule has 0 fully saturated rings. The van der Waals surface area contributed by atoms with Crippen LogP contribution in [0.15, 0.2) is 66.6 Å². The van der Waals surface area contributed by atoms with Gasteiger partial charge in [0.25, 0.3) is 0 Å². The summed E-state index contributed by atoms with van der Waals surface area (Å²) in [6, 6.07) is 13.6. The number of phenols is 1. The lowest BCUT2D eigenvalue weighted by Crippen LogP contribution is -2.43. The van der Waals surface area contributed by atoms with Crippen LogP contribution in [0.25, 0.3) is 22.2 Å². The zero-order chi connectivity index (χ0) is 31.1. The third kappa shape index (κ3) is 8.60. The maximum Gasteiger partial charge on any atom is 0.320 e. The van der Waals surface area contributed by atoms with E-state index >= 15 is 0 Å². The molecule has 0 saturated heterocycles. The van der Waals surface area contributed by atoms with Gasteiger partial charge in [0.05, 0.1) is 27.3 Å². The number of phenolic OH excluding ortho intramolecular Hbond substituents is 1. The number of aromatic hydroxyl groups is 1. The quantitative estimate of drug-likeness (QED) is 0.117. The number of nitrogens with two attached hydrogens (primary N) is 2. The molecule has 0 radical (unpaired) electrons. The molecule has 0 unspecified atom stereocenters. The van der Waals surface area contributed by atoms with E-state index in [9.17, 15) is 9.90 Å². The van der Waals surface area contributed by atoms with Gasteiger partial charge >= 0.3 is 6.03 Å². The first-order valence-electron chi connectivity index (χ1n) is 13.4. The Labute approximate surface area is 249 Å². The number of pyridine rings is 1. The van der Waals surface area contributed by atoms with Gasteiger partial charge in [-0.1, -0.05) is 12.1 Å². The number of methoxy groups -OCH3 is 2. The van der Waals surface area contributed by atoms with Crippen LogP contribution in [-0.2, 0) is 6.54 Å². The van der Waals surface area contributed by atoms with Crippen LogP contribution in [0.2, 0.25) is 0 Å². The molecule has 2 aromatic carbocycles. The first-order valence-corrected chi connectivity index (χ1v) is 13.4. The monoisotopic (exact) mass is 587 g/mol. The maximum absolute atomic E-state index is 12.9. The van der Waals surface area contributed by atoms with Gasteiger partial charge in [0.2, 0.25) is 5.95 Å². The number of amides is 2. The van der Waals surface area contributed by atoms with Crippen molar-refractivity contribution in [1.82, 2.24) is 25.3 Å². The van der Waals surface area contributed by atoms with Crippen LogP contribution in [0, 0.1) is 0 Å². The molecular weight excluding hydrogens is 550 g/mol. The summed E-state index contributed by atoms with van der Waals surface area (Å²) in [5, 5.41) is 20.4. The second-order valence-electron chi connectivity index (χ2n) is 10.8. The molecular formula is C30H37N9O4. The molecule has 2 amide bonds. The lowest BCUT2D eigenvalue weighted by molar-refractivity contribution is 0.243. The second-order valence-corrected chi connectivity index (χ2v) is 10.8. The minimum atomic E-state index is -0.462. The molecule has 2 heterocycles. The molecule has 4 rings (SSSR count). The van der Waals surface area contributed by atoms with Gasteiger partial charge in [-0.15, -0.1) is 0 Å². The van der Waals surface area contributed by atoms with E-state index in [0.717, 1.165) is 11.1 Å². The maximum atomic E-state index is 12.9. The molecule has 0 bridgehead atoms. The molecule has 0 spiro atoms. The summed E-state index contributed by atoms with van der Waals surface area (Å²) >= 11 is 0. The van der Waals surface area contributed by atoms with E-state index in [2.05, 4.69) is 30.9 Å². The van der Waals surface area contributed by atoms with E-state index in [1.165, 1.54) is 5.01 Å². The molecule has 8 N–H and O–H groups in total. The summed E-state index contributed by atoms with van der Waals surface area (Å²) < 4.78 is 10.9. The third-order valence-corrected chi connectivity index (χ3v) is 6.04. The van der Waals surface area contributed by atoms with Crippen molar-refractivity contribution in [2.75, 3.05) is 31.4 Å². The van der Waals surface area contributed by atoms with Crippen molar-refractivity contribution in [3.8, 4) is 28.4 Å². The number of ether oxygens (including phenoxy) is 2. The number of rotatable bonds is 10. The fourth-order valence-corrected chi connectivity index (χ4v) is 4.10. The highest BCUT2D eigenvalue weighted by molar-refractivity contribution is 5.96. The van der Waals surface area contributed by atoms with Crippen LogP contribution >= 0.6 is 0 Å². The Kier molecular flexibility index (Phi) is 9.36. The van der Waals surface area contributed by atoms with Gasteiger partial charge < -0.3 is 36.0 Å². The summed E-state index contributed by atoms with van der Waals surface area (Å²) in [6.45, 7) is 6.28. The predicted octanol–water partition coefficient (Wildman–Crippen LogP) is 3.92. The Morgan fingerprint density at radius 2 is 1.72 bits per heavy atom. The van der Waals surface area contributed by atoms with E-state index in [1.807, 2.05) is 39.0 Å². The minimum absolute atomic E-state index is 0.185. The van der Waals surface area contributed by atoms with Crippen LogP contribution in [0.1, 0.15) is 26.3 Å². The number of fused-ring (bicyclic) bond motifs is 1. The summed E-state index contributed by atoms with van der Waals surface area (Å²) in [6.07, 6.45) is 3.24. The van der Waals surface area contributed by atoms with Crippen LogP contribution in [0.4, 0.5) is 16.6 Å². The van der Waals surface area contributed by atoms with Crippen LogP contribution in [-0.4, -0.2) is 57.4 Å². The van der Waals surface area contributed by atoms with E-state index in [4.69, 9.17) is 21.1 Å². The number of carbonyl (C=O) groups excluding carboxylic acids is 1. The van der Waals surface area contributed by atoms with Crippen LogP contribution < -0.4 is 37.0 Å². The second kappa shape index (κ2) is 13.1. The number of anilines is 2. The Bertz CT molecular complexity index is 1600. The highest BCUT2D eigenvalue weighted by Gasteiger charge is 2.18. The highest BCUT2D eigenvalue weighted by atomic mass is 16.5. The smallest absolute Gasteiger partial charge is 0.320 e. The highest BCUT2D eigenvalue weighted by Crippen LogP contribution is 2.35. The molecule has 0 saturated carbocycles. The van der Waals surface area contributed by atoms with E-state index in [1.54, 1.807) is 56.9 Å². The van der Waals surface area contributed by atoms with Gasteiger partial charge in [0.15, 0.2) is 5.65 Å². The van der Waals surface area contributed by atoms with Gasteiger partial charge in [-0.3, -0.25) is 5.32 Å². The van der Waals surface area contributed by atoms with Crippen molar-refractivity contribution in [3.63, 3.8) is 0 Å². The summed E-state index contributed by atoms with van der Waals surface area (Å²) in [4.78, 5) is 26.5. The Hall–Kier alpha value is -5.30. The van der Waals surface area contributed by atoms with E-state index in [0.29, 0.717) is 52.1 Å². The average molecular weight is 588 g/mol. The molecule has 0 aliphatic carbocycles. The number of benzene rings is 2. The first-order chi connectivity index (χ1) is 20.4. The Morgan fingerprint density at radius 3 is 2.35 bits per heavy atom. The molecule has 4 aromatic rings. The lowest BCUT2D eigenvalue weighted by Gasteiger charge is -2.21. The van der Waals surface area contributed by atoms with E-state index in [-0.39, 0.29) is 12.3 Å². The minimum Gasteiger partial charge on any atom is -0.508 e. The number of carbonyl (C=O) groups is 1. The number of nitrogens with one attached hydrogen (secondary N) is 3. The van der Waals surface area contributed by atoms with Crippen LogP contribution in [0.3, 0.4) is 0 Å². The number of hydrogen-bond acceptors (Lipinski definition) is 11. The molecule has 13 nitrogen and oxygen atoms in total. The SMILES string of the molecule is COc1cc(OC)cc(-c2cc3cnc(NC/C(N)=C/N(N)Cc4ccc(O)cc4)nc3nc2NC(=O)NC(C)(C)C)c1. The summed E-state index contributed by atoms with van der Waals surface area (Å²) in [5.74, 6) is 8.01. The third-order valence-electron chi connectivity index (χ3n) is 6.04. The van der Waals surface area contributed by atoms with E-state index < -0.39 is 11.6 Å². The fourth-order valence-electron chi connectivity index (χ4n) is 4.10. The van der Waals surface area contributed by atoms with Gasteiger partial charge in [-0.25, -0.2) is 20.6 Å².